The maximum absolute atomic E-state index is 12.7. The number of hydrogen-bond donors (Lipinski definition) is 0. The lowest BCUT2D eigenvalue weighted by atomic mass is 9.72. The molecule has 2 saturated heterocycles. The number of rotatable bonds is 5. The second-order valence-corrected chi connectivity index (χ2v) is 7.73. The molecule has 2 fully saturated rings. The largest absolute Gasteiger partial charge is 0.383 e. The SMILES string of the molecule is COCCN1CC2(CCC1=O)CCN(C(=O)Cn1cnc(C)c1C)CC2. The summed E-state index contributed by atoms with van der Waals surface area (Å²) in [6.45, 7) is 7.91. The van der Waals surface area contributed by atoms with E-state index in [1.54, 1.807) is 13.4 Å². The predicted molar refractivity (Wildman–Crippen MR) is 97.6 cm³/mol. The average Bonchev–Trinajstić information content (AvgIpc) is 2.95. The number of aryl methyl sites for hydroxylation is 1. The van der Waals surface area contributed by atoms with Crippen molar-refractivity contribution in [3.05, 3.63) is 17.7 Å². The van der Waals surface area contributed by atoms with Gasteiger partial charge in [0.05, 0.1) is 18.6 Å². The molecule has 2 aliphatic rings. The van der Waals surface area contributed by atoms with Crippen molar-refractivity contribution in [1.82, 2.24) is 19.4 Å². The lowest BCUT2D eigenvalue weighted by molar-refractivity contribution is -0.143. The van der Waals surface area contributed by atoms with Crippen LogP contribution in [-0.2, 0) is 20.9 Å². The molecule has 1 spiro atoms. The molecular weight excluding hydrogens is 332 g/mol. The molecule has 7 heteroatoms. The van der Waals surface area contributed by atoms with E-state index >= 15 is 0 Å². The molecule has 7 nitrogen and oxygen atoms in total. The molecule has 0 bridgehead atoms. The number of piperidine rings is 2. The zero-order valence-corrected chi connectivity index (χ0v) is 16.2. The van der Waals surface area contributed by atoms with Crippen LogP contribution in [0.1, 0.15) is 37.1 Å². The van der Waals surface area contributed by atoms with Crippen molar-refractivity contribution < 1.29 is 14.3 Å². The summed E-state index contributed by atoms with van der Waals surface area (Å²) in [6.07, 6.45) is 5.24. The summed E-state index contributed by atoms with van der Waals surface area (Å²) in [5.74, 6) is 0.389. The molecule has 0 atom stereocenters. The topological polar surface area (TPSA) is 67.7 Å². The first-order valence-electron chi connectivity index (χ1n) is 9.47. The lowest BCUT2D eigenvalue weighted by Crippen LogP contribution is -2.53. The third kappa shape index (κ3) is 3.92. The van der Waals surface area contributed by atoms with E-state index < -0.39 is 0 Å². The van der Waals surface area contributed by atoms with E-state index in [2.05, 4.69) is 4.98 Å². The molecule has 0 radical (unpaired) electrons. The predicted octanol–water partition coefficient (Wildman–Crippen LogP) is 1.38. The van der Waals surface area contributed by atoms with Crippen LogP contribution in [0.15, 0.2) is 6.33 Å². The minimum atomic E-state index is 0.156. The molecule has 2 amide bonds. The van der Waals surface area contributed by atoms with E-state index in [-0.39, 0.29) is 17.2 Å². The van der Waals surface area contributed by atoms with Crippen LogP contribution in [0.5, 0.6) is 0 Å². The highest BCUT2D eigenvalue weighted by Crippen LogP contribution is 2.40. The Balaban J connectivity index is 1.55. The van der Waals surface area contributed by atoms with E-state index in [0.717, 1.165) is 50.3 Å². The zero-order chi connectivity index (χ0) is 18.7. The van der Waals surface area contributed by atoms with Crippen LogP contribution in [0, 0.1) is 19.3 Å². The first-order valence-corrected chi connectivity index (χ1v) is 9.47. The molecule has 0 N–H and O–H groups in total. The molecule has 2 aliphatic heterocycles. The summed E-state index contributed by atoms with van der Waals surface area (Å²) in [5, 5.41) is 0. The fourth-order valence-electron chi connectivity index (χ4n) is 4.10. The van der Waals surface area contributed by atoms with Gasteiger partial charge in [0.1, 0.15) is 6.54 Å². The smallest absolute Gasteiger partial charge is 0.242 e. The minimum absolute atomic E-state index is 0.156. The molecule has 26 heavy (non-hydrogen) atoms. The third-order valence-corrected chi connectivity index (χ3v) is 6.14. The van der Waals surface area contributed by atoms with Crippen LogP contribution in [0.25, 0.3) is 0 Å². The zero-order valence-electron chi connectivity index (χ0n) is 16.2. The van der Waals surface area contributed by atoms with Crippen molar-refractivity contribution in [1.29, 1.82) is 0 Å². The highest BCUT2D eigenvalue weighted by atomic mass is 16.5. The van der Waals surface area contributed by atoms with Crippen LogP contribution in [0.4, 0.5) is 0 Å². The Morgan fingerprint density at radius 3 is 2.62 bits per heavy atom. The summed E-state index contributed by atoms with van der Waals surface area (Å²) in [5.41, 5.74) is 2.18. The number of carbonyl (C=O) groups excluding carboxylic acids is 2. The van der Waals surface area contributed by atoms with Gasteiger partial charge in [-0.05, 0) is 38.5 Å². The van der Waals surface area contributed by atoms with E-state index in [0.29, 0.717) is 26.1 Å². The van der Waals surface area contributed by atoms with Crippen LogP contribution in [0.3, 0.4) is 0 Å². The van der Waals surface area contributed by atoms with Gasteiger partial charge in [0.15, 0.2) is 0 Å². The number of nitrogens with zero attached hydrogens (tertiary/aromatic N) is 4. The highest BCUT2D eigenvalue weighted by Gasteiger charge is 2.41. The summed E-state index contributed by atoms with van der Waals surface area (Å²) < 4.78 is 7.06. The van der Waals surface area contributed by atoms with Crippen LogP contribution < -0.4 is 0 Å². The van der Waals surface area contributed by atoms with Crippen molar-refractivity contribution in [2.24, 2.45) is 5.41 Å². The molecule has 3 heterocycles. The van der Waals surface area contributed by atoms with Gasteiger partial charge < -0.3 is 19.1 Å². The molecule has 144 valence electrons. The van der Waals surface area contributed by atoms with Gasteiger partial charge in [-0.2, -0.15) is 0 Å². The average molecular weight is 362 g/mol. The Morgan fingerprint density at radius 2 is 2.00 bits per heavy atom. The second kappa shape index (κ2) is 7.78. The van der Waals surface area contributed by atoms with Gasteiger partial charge in [0.2, 0.25) is 11.8 Å². The van der Waals surface area contributed by atoms with Crippen molar-refractivity contribution in [2.75, 3.05) is 39.9 Å². The molecule has 1 aromatic rings. The van der Waals surface area contributed by atoms with Gasteiger partial charge in [-0.3, -0.25) is 9.59 Å². The lowest BCUT2D eigenvalue weighted by Gasteiger charge is -2.47. The number of carbonyl (C=O) groups is 2. The molecule has 1 aromatic heterocycles. The summed E-state index contributed by atoms with van der Waals surface area (Å²) in [7, 11) is 1.66. The summed E-state index contributed by atoms with van der Waals surface area (Å²) in [4.78, 5) is 33.0. The Labute approximate surface area is 155 Å². The monoisotopic (exact) mass is 362 g/mol. The fourth-order valence-corrected chi connectivity index (χ4v) is 4.10. The Kier molecular flexibility index (Phi) is 5.65. The van der Waals surface area contributed by atoms with Crippen LogP contribution in [-0.4, -0.2) is 71.1 Å². The van der Waals surface area contributed by atoms with Gasteiger partial charge in [0.25, 0.3) is 0 Å². The Morgan fingerprint density at radius 1 is 1.27 bits per heavy atom. The van der Waals surface area contributed by atoms with Gasteiger partial charge in [0, 0.05) is 45.4 Å². The molecular formula is C19H30N4O3. The first-order chi connectivity index (χ1) is 12.4. The molecule has 3 rings (SSSR count). The summed E-state index contributed by atoms with van der Waals surface area (Å²) >= 11 is 0. The van der Waals surface area contributed by atoms with E-state index in [1.165, 1.54) is 0 Å². The highest BCUT2D eigenvalue weighted by molar-refractivity contribution is 5.77. The van der Waals surface area contributed by atoms with Crippen molar-refractivity contribution >= 4 is 11.8 Å². The standard InChI is InChI=1S/C19H30N4O3/c1-15-16(2)23(14-20-15)12-18(25)21-8-6-19(7-9-21)5-4-17(24)22(13-19)10-11-26-3/h14H,4-13H2,1-3H3. The number of aromatic nitrogens is 2. The Bertz CT molecular complexity index is 662. The number of hydrogen-bond acceptors (Lipinski definition) is 4. The van der Waals surface area contributed by atoms with Crippen LogP contribution in [0.2, 0.25) is 0 Å². The number of ether oxygens (including phenoxy) is 1. The van der Waals surface area contributed by atoms with Gasteiger partial charge >= 0.3 is 0 Å². The quantitative estimate of drug-likeness (QED) is 0.794. The number of amides is 2. The number of likely N-dealkylation sites (tertiary alicyclic amines) is 2. The fraction of sp³-hybridized carbons (Fsp3) is 0.737. The maximum atomic E-state index is 12.7. The van der Waals surface area contributed by atoms with Crippen molar-refractivity contribution in [3.8, 4) is 0 Å². The summed E-state index contributed by atoms with van der Waals surface area (Å²) in [6, 6.07) is 0. The molecule has 0 aliphatic carbocycles. The van der Waals surface area contributed by atoms with E-state index in [1.807, 2.05) is 28.2 Å². The first kappa shape index (κ1) is 18.9. The van der Waals surface area contributed by atoms with Gasteiger partial charge in [-0.25, -0.2) is 4.98 Å². The molecule has 0 aromatic carbocycles. The molecule has 0 unspecified atom stereocenters. The van der Waals surface area contributed by atoms with Crippen molar-refractivity contribution in [2.45, 2.75) is 46.1 Å². The van der Waals surface area contributed by atoms with Gasteiger partial charge in [-0.15, -0.1) is 0 Å². The van der Waals surface area contributed by atoms with Gasteiger partial charge in [-0.1, -0.05) is 0 Å². The normalized spacial score (nSPS) is 20.0. The maximum Gasteiger partial charge on any atom is 0.242 e. The second-order valence-electron chi connectivity index (χ2n) is 7.73. The molecule has 0 saturated carbocycles. The third-order valence-electron chi connectivity index (χ3n) is 6.14. The number of methoxy groups -OCH3 is 1. The van der Waals surface area contributed by atoms with E-state index in [4.69, 9.17) is 4.74 Å². The van der Waals surface area contributed by atoms with Crippen molar-refractivity contribution in [3.63, 3.8) is 0 Å². The Hall–Kier alpha value is -1.89. The number of imidazole rings is 1. The van der Waals surface area contributed by atoms with Crippen LogP contribution >= 0.6 is 0 Å². The minimum Gasteiger partial charge on any atom is -0.383 e. The van der Waals surface area contributed by atoms with E-state index in [9.17, 15) is 9.59 Å².